The minimum absolute atomic E-state index is 0.0963. The third kappa shape index (κ3) is 2.83. The lowest BCUT2D eigenvalue weighted by atomic mass is 10.3. The number of ketones is 1. The second-order valence-corrected chi connectivity index (χ2v) is 4.47. The number of hydrogen-bond acceptors (Lipinski definition) is 3. The summed E-state index contributed by atoms with van der Waals surface area (Å²) in [6, 6.07) is 6.78. The number of benzene rings is 1. The van der Waals surface area contributed by atoms with E-state index in [0.29, 0.717) is 21.5 Å². The molecule has 2 rings (SSSR count). The Kier molecular flexibility index (Phi) is 3.89. The number of aromatic nitrogens is 2. The minimum Gasteiger partial charge on any atom is -0.485 e. The first-order valence-electron chi connectivity index (χ1n) is 5.17. The summed E-state index contributed by atoms with van der Waals surface area (Å²) in [6.07, 6.45) is 1.43. The number of carbonyl (C=O) groups is 1. The SMILES string of the molecule is Cn1ncc(Cl)c1C(=O)COc1ccc(Cl)cc1. The van der Waals surface area contributed by atoms with Crippen molar-refractivity contribution in [3.8, 4) is 5.75 Å². The van der Waals surface area contributed by atoms with E-state index >= 15 is 0 Å². The van der Waals surface area contributed by atoms with E-state index in [9.17, 15) is 4.79 Å². The van der Waals surface area contributed by atoms with Crippen molar-refractivity contribution in [2.24, 2.45) is 7.05 Å². The summed E-state index contributed by atoms with van der Waals surface area (Å²) in [7, 11) is 1.65. The maximum Gasteiger partial charge on any atom is 0.219 e. The molecule has 0 fully saturated rings. The average Bonchev–Trinajstić information content (AvgIpc) is 2.68. The fourth-order valence-corrected chi connectivity index (χ4v) is 1.87. The van der Waals surface area contributed by atoms with Crippen molar-refractivity contribution < 1.29 is 9.53 Å². The van der Waals surface area contributed by atoms with Gasteiger partial charge in [-0.25, -0.2) is 0 Å². The summed E-state index contributed by atoms with van der Waals surface area (Å²) in [5.74, 6) is 0.348. The molecule has 94 valence electrons. The Hall–Kier alpha value is -1.52. The molecular weight excluding hydrogens is 275 g/mol. The van der Waals surface area contributed by atoms with E-state index in [1.54, 1.807) is 31.3 Å². The molecule has 0 N–H and O–H groups in total. The highest BCUT2D eigenvalue weighted by Crippen LogP contribution is 2.17. The van der Waals surface area contributed by atoms with Crippen molar-refractivity contribution in [2.45, 2.75) is 0 Å². The largest absolute Gasteiger partial charge is 0.485 e. The first kappa shape index (κ1) is 12.9. The van der Waals surface area contributed by atoms with Gasteiger partial charge in [-0.1, -0.05) is 23.2 Å². The lowest BCUT2D eigenvalue weighted by Gasteiger charge is -2.06. The number of ether oxygens (including phenoxy) is 1. The van der Waals surface area contributed by atoms with E-state index in [1.807, 2.05) is 0 Å². The number of nitrogens with zero attached hydrogens (tertiary/aromatic N) is 2. The van der Waals surface area contributed by atoms with Crippen molar-refractivity contribution in [1.82, 2.24) is 9.78 Å². The molecule has 0 aliphatic rings. The predicted octanol–water partition coefficient (Wildman–Crippen LogP) is 2.99. The first-order valence-corrected chi connectivity index (χ1v) is 5.92. The number of carbonyl (C=O) groups excluding carboxylic acids is 1. The highest BCUT2D eigenvalue weighted by atomic mass is 35.5. The summed E-state index contributed by atoms with van der Waals surface area (Å²) in [5.41, 5.74) is 0.339. The van der Waals surface area contributed by atoms with Crippen LogP contribution in [0.2, 0.25) is 10.0 Å². The molecule has 0 atom stereocenters. The Bertz CT molecular complexity index is 544. The van der Waals surface area contributed by atoms with Gasteiger partial charge in [0.25, 0.3) is 0 Å². The molecule has 0 aliphatic carbocycles. The van der Waals surface area contributed by atoms with Gasteiger partial charge in [-0.15, -0.1) is 0 Å². The predicted molar refractivity (Wildman–Crippen MR) is 69.5 cm³/mol. The normalized spacial score (nSPS) is 10.4. The first-order chi connectivity index (χ1) is 8.58. The highest BCUT2D eigenvalue weighted by molar-refractivity contribution is 6.33. The van der Waals surface area contributed by atoms with Gasteiger partial charge in [0.2, 0.25) is 5.78 Å². The van der Waals surface area contributed by atoms with Crippen molar-refractivity contribution in [1.29, 1.82) is 0 Å². The van der Waals surface area contributed by atoms with E-state index in [0.717, 1.165) is 0 Å². The van der Waals surface area contributed by atoms with Crippen LogP contribution in [0.4, 0.5) is 0 Å². The van der Waals surface area contributed by atoms with Crippen LogP contribution in [0.15, 0.2) is 30.5 Å². The molecule has 0 radical (unpaired) electrons. The van der Waals surface area contributed by atoms with Gasteiger partial charge in [-0.05, 0) is 24.3 Å². The van der Waals surface area contributed by atoms with Crippen LogP contribution in [-0.2, 0) is 7.05 Å². The van der Waals surface area contributed by atoms with Gasteiger partial charge >= 0.3 is 0 Å². The van der Waals surface area contributed by atoms with Gasteiger partial charge in [0.05, 0.1) is 11.2 Å². The lowest BCUT2D eigenvalue weighted by molar-refractivity contribution is 0.0912. The molecule has 0 saturated heterocycles. The van der Waals surface area contributed by atoms with Gasteiger partial charge in [0.1, 0.15) is 11.4 Å². The van der Waals surface area contributed by atoms with Crippen LogP contribution in [0.5, 0.6) is 5.75 Å². The molecule has 0 saturated carbocycles. The van der Waals surface area contributed by atoms with E-state index in [4.69, 9.17) is 27.9 Å². The monoisotopic (exact) mass is 284 g/mol. The molecule has 2 aromatic rings. The summed E-state index contributed by atoms with van der Waals surface area (Å²) in [4.78, 5) is 11.9. The molecular formula is C12H10Cl2N2O2. The smallest absolute Gasteiger partial charge is 0.219 e. The van der Waals surface area contributed by atoms with Crippen LogP contribution in [-0.4, -0.2) is 22.2 Å². The Balaban J connectivity index is 2.03. The van der Waals surface area contributed by atoms with Crippen molar-refractivity contribution >= 4 is 29.0 Å². The van der Waals surface area contributed by atoms with Gasteiger partial charge in [0.15, 0.2) is 6.61 Å². The minimum atomic E-state index is -0.227. The van der Waals surface area contributed by atoms with Crippen LogP contribution in [0.3, 0.4) is 0 Å². The molecule has 0 unspecified atom stereocenters. The third-order valence-electron chi connectivity index (χ3n) is 2.34. The van der Waals surface area contributed by atoms with Crippen molar-refractivity contribution in [2.75, 3.05) is 6.61 Å². The Morgan fingerprint density at radius 2 is 2.00 bits per heavy atom. The molecule has 18 heavy (non-hydrogen) atoms. The van der Waals surface area contributed by atoms with Crippen LogP contribution < -0.4 is 4.74 Å². The second-order valence-electron chi connectivity index (χ2n) is 3.63. The summed E-state index contributed by atoms with van der Waals surface area (Å²) in [5, 5.41) is 4.83. The molecule has 0 bridgehead atoms. The zero-order valence-corrected chi connectivity index (χ0v) is 11.1. The Labute approximate surface area is 114 Å². The number of halogens is 2. The molecule has 0 aliphatic heterocycles. The number of Topliss-reactive ketones (excluding diaryl/α,β-unsaturated/α-hetero) is 1. The highest BCUT2D eigenvalue weighted by Gasteiger charge is 2.16. The third-order valence-corrected chi connectivity index (χ3v) is 2.87. The fraction of sp³-hybridized carbons (Fsp3) is 0.167. The summed E-state index contributed by atoms with van der Waals surface area (Å²) >= 11 is 11.6. The van der Waals surface area contributed by atoms with Crippen molar-refractivity contribution in [3.05, 3.63) is 46.2 Å². The van der Waals surface area contributed by atoms with E-state index < -0.39 is 0 Å². The zero-order chi connectivity index (χ0) is 13.1. The van der Waals surface area contributed by atoms with Crippen LogP contribution >= 0.6 is 23.2 Å². The maximum atomic E-state index is 11.9. The summed E-state index contributed by atoms with van der Waals surface area (Å²) < 4.78 is 6.78. The molecule has 1 heterocycles. The molecule has 4 nitrogen and oxygen atoms in total. The van der Waals surface area contributed by atoms with Gasteiger partial charge in [-0.2, -0.15) is 5.10 Å². The fourth-order valence-electron chi connectivity index (χ4n) is 1.47. The van der Waals surface area contributed by atoms with Gasteiger partial charge in [-0.3, -0.25) is 9.48 Å². The Morgan fingerprint density at radius 3 is 2.56 bits per heavy atom. The van der Waals surface area contributed by atoms with Crippen LogP contribution in [0.25, 0.3) is 0 Å². The molecule has 0 amide bonds. The van der Waals surface area contributed by atoms with Crippen LogP contribution in [0, 0.1) is 0 Å². The molecule has 1 aromatic carbocycles. The second kappa shape index (κ2) is 5.42. The maximum absolute atomic E-state index is 11.9. The molecule has 1 aromatic heterocycles. The number of hydrogen-bond donors (Lipinski definition) is 0. The summed E-state index contributed by atoms with van der Waals surface area (Å²) in [6.45, 7) is -0.0963. The van der Waals surface area contributed by atoms with E-state index in [2.05, 4.69) is 5.10 Å². The zero-order valence-electron chi connectivity index (χ0n) is 9.56. The van der Waals surface area contributed by atoms with Gasteiger partial charge < -0.3 is 4.74 Å². The molecule has 6 heteroatoms. The Morgan fingerprint density at radius 1 is 1.33 bits per heavy atom. The van der Waals surface area contributed by atoms with Gasteiger partial charge in [0, 0.05) is 12.1 Å². The number of aryl methyl sites for hydroxylation is 1. The average molecular weight is 285 g/mol. The lowest BCUT2D eigenvalue weighted by Crippen LogP contribution is -2.15. The van der Waals surface area contributed by atoms with Crippen molar-refractivity contribution in [3.63, 3.8) is 0 Å². The standard InChI is InChI=1S/C12H10Cl2N2O2/c1-16-12(10(14)6-15-16)11(17)7-18-9-4-2-8(13)3-5-9/h2-6H,7H2,1H3. The topological polar surface area (TPSA) is 44.1 Å². The number of rotatable bonds is 4. The molecule has 0 spiro atoms. The van der Waals surface area contributed by atoms with Crippen LogP contribution in [0.1, 0.15) is 10.5 Å². The van der Waals surface area contributed by atoms with E-state index in [1.165, 1.54) is 10.9 Å². The quantitative estimate of drug-likeness (QED) is 0.811. The van der Waals surface area contributed by atoms with E-state index in [-0.39, 0.29) is 12.4 Å².